The van der Waals surface area contributed by atoms with E-state index in [0.29, 0.717) is 44.3 Å². The number of aliphatic hydroxyl groups is 1. The standard InChI is InChI=1S/C13H23N5O3/c1-2-3-8-21-13-16-11(14-4-7-19)15-12(17-13)18-5-9-20-10-6-18/h19H,2-10H2,1H3,(H,14,15,16,17). The van der Waals surface area contributed by atoms with E-state index < -0.39 is 0 Å². The maximum absolute atomic E-state index is 8.90. The maximum Gasteiger partial charge on any atom is 0.323 e. The third kappa shape index (κ3) is 4.98. The Labute approximate surface area is 124 Å². The van der Waals surface area contributed by atoms with Gasteiger partial charge in [-0.05, 0) is 6.42 Å². The van der Waals surface area contributed by atoms with Gasteiger partial charge < -0.3 is 24.8 Å². The highest BCUT2D eigenvalue weighted by molar-refractivity contribution is 5.38. The van der Waals surface area contributed by atoms with Crippen LogP contribution in [-0.2, 0) is 4.74 Å². The second-order valence-corrected chi connectivity index (χ2v) is 4.69. The van der Waals surface area contributed by atoms with Gasteiger partial charge in [-0.1, -0.05) is 13.3 Å². The van der Waals surface area contributed by atoms with Gasteiger partial charge in [-0.2, -0.15) is 15.0 Å². The van der Waals surface area contributed by atoms with Crippen molar-refractivity contribution in [2.75, 3.05) is 56.3 Å². The topological polar surface area (TPSA) is 92.6 Å². The number of nitrogens with one attached hydrogen (secondary N) is 1. The van der Waals surface area contributed by atoms with Gasteiger partial charge in [0.1, 0.15) is 0 Å². The molecule has 0 amide bonds. The van der Waals surface area contributed by atoms with Gasteiger partial charge in [-0.25, -0.2) is 0 Å². The summed E-state index contributed by atoms with van der Waals surface area (Å²) in [5, 5.41) is 11.9. The van der Waals surface area contributed by atoms with Crippen LogP contribution in [0.2, 0.25) is 0 Å². The molecule has 2 rings (SSSR count). The predicted octanol–water partition coefficient (Wildman–Crippen LogP) is 0.291. The molecule has 8 nitrogen and oxygen atoms in total. The Morgan fingerprint density at radius 3 is 2.81 bits per heavy atom. The summed E-state index contributed by atoms with van der Waals surface area (Å²) in [6.45, 7) is 5.92. The van der Waals surface area contributed by atoms with Crippen molar-refractivity contribution < 1.29 is 14.6 Å². The van der Waals surface area contributed by atoms with Crippen LogP contribution in [0.1, 0.15) is 19.8 Å². The molecule has 0 atom stereocenters. The minimum Gasteiger partial charge on any atom is -0.463 e. The Morgan fingerprint density at radius 2 is 2.10 bits per heavy atom. The Bertz CT molecular complexity index is 426. The molecule has 1 aromatic rings. The van der Waals surface area contributed by atoms with Gasteiger partial charge in [0.2, 0.25) is 11.9 Å². The van der Waals surface area contributed by atoms with Crippen LogP contribution in [0.25, 0.3) is 0 Å². The number of unbranched alkanes of at least 4 members (excludes halogenated alkanes) is 1. The summed E-state index contributed by atoms with van der Waals surface area (Å²) in [6.07, 6.45) is 2.01. The lowest BCUT2D eigenvalue weighted by molar-refractivity contribution is 0.122. The van der Waals surface area contributed by atoms with Crippen molar-refractivity contribution >= 4 is 11.9 Å². The molecule has 0 radical (unpaired) electrons. The molecule has 1 aromatic heterocycles. The lowest BCUT2D eigenvalue weighted by Gasteiger charge is -2.27. The fourth-order valence-corrected chi connectivity index (χ4v) is 1.87. The quantitative estimate of drug-likeness (QED) is 0.662. The molecular weight excluding hydrogens is 274 g/mol. The molecule has 2 N–H and O–H groups in total. The van der Waals surface area contributed by atoms with E-state index in [4.69, 9.17) is 14.6 Å². The molecule has 0 unspecified atom stereocenters. The third-order valence-electron chi connectivity index (χ3n) is 3.02. The highest BCUT2D eigenvalue weighted by atomic mass is 16.5. The second kappa shape index (κ2) is 8.58. The van der Waals surface area contributed by atoms with Crippen LogP contribution in [0.3, 0.4) is 0 Å². The summed E-state index contributed by atoms with van der Waals surface area (Å²) in [6, 6.07) is 0.320. The Balaban J connectivity index is 2.10. The smallest absolute Gasteiger partial charge is 0.323 e. The van der Waals surface area contributed by atoms with Crippen molar-refractivity contribution in [1.29, 1.82) is 0 Å². The average molecular weight is 297 g/mol. The Kier molecular flexibility index (Phi) is 6.42. The van der Waals surface area contributed by atoms with Gasteiger partial charge in [-0.15, -0.1) is 0 Å². The van der Waals surface area contributed by atoms with E-state index in [2.05, 4.69) is 27.2 Å². The zero-order valence-electron chi connectivity index (χ0n) is 12.4. The van der Waals surface area contributed by atoms with Crippen LogP contribution in [0.15, 0.2) is 0 Å². The fraction of sp³-hybridized carbons (Fsp3) is 0.769. The first kappa shape index (κ1) is 15.7. The molecule has 1 aliphatic rings. The molecule has 0 bridgehead atoms. The molecule has 0 aromatic carbocycles. The number of anilines is 2. The van der Waals surface area contributed by atoms with Gasteiger partial charge in [0, 0.05) is 19.6 Å². The average Bonchev–Trinajstić information content (AvgIpc) is 2.54. The number of rotatable bonds is 8. The number of ether oxygens (including phenoxy) is 2. The SMILES string of the molecule is CCCCOc1nc(NCCO)nc(N2CCOCC2)n1. The number of nitrogens with zero attached hydrogens (tertiary/aromatic N) is 4. The zero-order valence-corrected chi connectivity index (χ0v) is 12.4. The van der Waals surface area contributed by atoms with Crippen LogP contribution >= 0.6 is 0 Å². The van der Waals surface area contributed by atoms with Gasteiger partial charge >= 0.3 is 6.01 Å². The van der Waals surface area contributed by atoms with Crippen LogP contribution in [0.5, 0.6) is 6.01 Å². The van der Waals surface area contributed by atoms with E-state index in [1.807, 2.05) is 4.90 Å². The number of hydrogen-bond acceptors (Lipinski definition) is 8. The molecule has 2 heterocycles. The number of aliphatic hydroxyl groups excluding tert-OH is 1. The lowest BCUT2D eigenvalue weighted by Crippen LogP contribution is -2.37. The molecule has 1 fully saturated rings. The highest BCUT2D eigenvalue weighted by Gasteiger charge is 2.17. The zero-order chi connectivity index (χ0) is 14.9. The van der Waals surface area contributed by atoms with Crippen molar-refractivity contribution in [3.8, 4) is 6.01 Å². The van der Waals surface area contributed by atoms with Crippen LogP contribution < -0.4 is 15.0 Å². The van der Waals surface area contributed by atoms with Gasteiger partial charge in [-0.3, -0.25) is 0 Å². The summed E-state index contributed by atoms with van der Waals surface area (Å²) in [5.41, 5.74) is 0. The van der Waals surface area contributed by atoms with E-state index in [-0.39, 0.29) is 6.61 Å². The summed E-state index contributed by atoms with van der Waals surface area (Å²) in [4.78, 5) is 15.0. The van der Waals surface area contributed by atoms with E-state index in [9.17, 15) is 0 Å². The molecule has 118 valence electrons. The van der Waals surface area contributed by atoms with Gasteiger partial charge in [0.15, 0.2) is 0 Å². The summed E-state index contributed by atoms with van der Waals surface area (Å²) >= 11 is 0. The van der Waals surface area contributed by atoms with Gasteiger partial charge in [0.05, 0.1) is 26.4 Å². The van der Waals surface area contributed by atoms with Crippen LogP contribution in [0.4, 0.5) is 11.9 Å². The molecule has 0 spiro atoms. The molecule has 1 saturated heterocycles. The van der Waals surface area contributed by atoms with E-state index in [0.717, 1.165) is 25.9 Å². The van der Waals surface area contributed by atoms with Crippen molar-refractivity contribution in [3.05, 3.63) is 0 Å². The third-order valence-corrected chi connectivity index (χ3v) is 3.02. The molecule has 0 saturated carbocycles. The minimum absolute atomic E-state index is 0.0184. The maximum atomic E-state index is 8.90. The second-order valence-electron chi connectivity index (χ2n) is 4.69. The first-order chi connectivity index (χ1) is 10.3. The Morgan fingerprint density at radius 1 is 1.29 bits per heavy atom. The minimum atomic E-state index is 0.0184. The predicted molar refractivity (Wildman–Crippen MR) is 78.8 cm³/mol. The van der Waals surface area contributed by atoms with Crippen LogP contribution in [0, 0.1) is 0 Å². The van der Waals surface area contributed by atoms with E-state index in [1.165, 1.54) is 0 Å². The van der Waals surface area contributed by atoms with E-state index in [1.54, 1.807) is 0 Å². The monoisotopic (exact) mass is 297 g/mol. The summed E-state index contributed by atoms with van der Waals surface area (Å²) in [7, 11) is 0. The van der Waals surface area contributed by atoms with Crippen molar-refractivity contribution in [2.45, 2.75) is 19.8 Å². The number of hydrogen-bond donors (Lipinski definition) is 2. The van der Waals surface area contributed by atoms with Gasteiger partial charge in [0.25, 0.3) is 0 Å². The normalized spacial score (nSPS) is 15.0. The first-order valence-corrected chi connectivity index (χ1v) is 7.39. The summed E-state index contributed by atoms with van der Waals surface area (Å²) < 4.78 is 10.9. The molecule has 1 aliphatic heterocycles. The molecule has 8 heteroatoms. The molecule has 0 aliphatic carbocycles. The number of morpholine rings is 1. The first-order valence-electron chi connectivity index (χ1n) is 7.39. The van der Waals surface area contributed by atoms with Crippen molar-refractivity contribution in [2.24, 2.45) is 0 Å². The summed E-state index contributed by atoms with van der Waals surface area (Å²) in [5.74, 6) is 1.01. The largest absolute Gasteiger partial charge is 0.463 e. The molecular formula is C13H23N5O3. The lowest BCUT2D eigenvalue weighted by atomic mass is 10.4. The Hall–Kier alpha value is -1.67. The fourth-order valence-electron chi connectivity index (χ4n) is 1.87. The van der Waals surface area contributed by atoms with Crippen molar-refractivity contribution in [3.63, 3.8) is 0 Å². The van der Waals surface area contributed by atoms with Crippen LogP contribution in [-0.4, -0.2) is 66.1 Å². The highest BCUT2D eigenvalue weighted by Crippen LogP contribution is 2.16. The van der Waals surface area contributed by atoms with E-state index >= 15 is 0 Å². The number of aromatic nitrogens is 3. The van der Waals surface area contributed by atoms with Crippen molar-refractivity contribution in [1.82, 2.24) is 15.0 Å². The molecule has 21 heavy (non-hydrogen) atoms.